The Hall–Kier alpha value is -1.10. The van der Waals surface area contributed by atoms with Gasteiger partial charge in [-0.1, -0.05) is 6.92 Å². The molecule has 2 fully saturated rings. The fraction of sp³-hybridized carbons (Fsp3) is 0.846. The van der Waals surface area contributed by atoms with E-state index < -0.39 is 11.5 Å². The number of aliphatic carboxylic acids is 1. The summed E-state index contributed by atoms with van der Waals surface area (Å²) in [4.78, 5) is 25.3. The van der Waals surface area contributed by atoms with Crippen molar-refractivity contribution in [2.24, 2.45) is 0 Å². The van der Waals surface area contributed by atoms with Crippen molar-refractivity contribution in [3.05, 3.63) is 0 Å². The molecule has 2 saturated heterocycles. The smallest absolute Gasteiger partial charge is 0.329 e. The molecule has 2 atom stereocenters. The van der Waals surface area contributed by atoms with Gasteiger partial charge in [0.15, 0.2) is 0 Å². The van der Waals surface area contributed by atoms with E-state index in [0.717, 1.165) is 25.9 Å². The second-order valence-electron chi connectivity index (χ2n) is 5.18. The molecule has 1 N–H and O–H groups in total. The average Bonchev–Trinajstić information content (AvgIpc) is 2.96. The van der Waals surface area contributed by atoms with Gasteiger partial charge in [-0.05, 0) is 32.1 Å². The molecule has 0 aliphatic carbocycles. The first kappa shape index (κ1) is 13.3. The molecule has 0 aromatic heterocycles. The monoisotopic (exact) mass is 255 g/mol. The summed E-state index contributed by atoms with van der Waals surface area (Å²) in [5.41, 5.74) is -0.977. The molecule has 1 amide bonds. The van der Waals surface area contributed by atoms with Crippen LogP contribution in [0.25, 0.3) is 0 Å². The number of carboxylic acid groups (broad SMARTS) is 1. The predicted octanol–water partition coefficient (Wildman–Crippen LogP) is 1.41. The Kier molecular flexibility index (Phi) is 3.90. The Labute approximate surface area is 107 Å². The van der Waals surface area contributed by atoms with Crippen LogP contribution in [0.15, 0.2) is 0 Å². The van der Waals surface area contributed by atoms with E-state index in [1.807, 2.05) is 6.92 Å². The maximum Gasteiger partial charge on any atom is 0.329 e. The fourth-order valence-electron chi connectivity index (χ4n) is 3.09. The Balaban J connectivity index is 2.05. The second kappa shape index (κ2) is 5.26. The van der Waals surface area contributed by atoms with Gasteiger partial charge in [-0.2, -0.15) is 0 Å². The number of nitrogens with zero attached hydrogens (tertiary/aromatic N) is 1. The molecule has 18 heavy (non-hydrogen) atoms. The SMILES string of the molecule is CCC1(C(=O)O)CCCN1C(=O)CC1CCCO1. The zero-order valence-electron chi connectivity index (χ0n) is 10.9. The van der Waals surface area contributed by atoms with Crippen molar-refractivity contribution in [2.75, 3.05) is 13.2 Å². The molecule has 2 rings (SSSR count). The van der Waals surface area contributed by atoms with Gasteiger partial charge in [0.2, 0.25) is 5.91 Å². The zero-order valence-corrected chi connectivity index (χ0v) is 10.9. The summed E-state index contributed by atoms with van der Waals surface area (Å²) in [6.45, 7) is 3.12. The van der Waals surface area contributed by atoms with Crippen molar-refractivity contribution >= 4 is 11.9 Å². The van der Waals surface area contributed by atoms with Gasteiger partial charge in [-0.25, -0.2) is 4.79 Å². The molecule has 2 aliphatic heterocycles. The number of likely N-dealkylation sites (tertiary alicyclic amines) is 1. The number of carbonyl (C=O) groups excluding carboxylic acids is 1. The van der Waals surface area contributed by atoms with E-state index in [9.17, 15) is 14.7 Å². The van der Waals surface area contributed by atoms with E-state index in [-0.39, 0.29) is 12.0 Å². The van der Waals surface area contributed by atoms with Crippen LogP contribution in [0, 0.1) is 0 Å². The predicted molar refractivity (Wildman–Crippen MR) is 65.2 cm³/mol. The first-order valence-electron chi connectivity index (χ1n) is 6.75. The van der Waals surface area contributed by atoms with Gasteiger partial charge in [-0.15, -0.1) is 0 Å². The van der Waals surface area contributed by atoms with Crippen LogP contribution in [0.1, 0.15) is 45.4 Å². The van der Waals surface area contributed by atoms with E-state index in [2.05, 4.69) is 0 Å². The van der Waals surface area contributed by atoms with Crippen molar-refractivity contribution < 1.29 is 19.4 Å². The molecule has 5 heteroatoms. The minimum Gasteiger partial charge on any atom is -0.479 e. The highest BCUT2D eigenvalue weighted by Gasteiger charge is 2.48. The third-order valence-corrected chi connectivity index (χ3v) is 4.20. The summed E-state index contributed by atoms with van der Waals surface area (Å²) in [5, 5.41) is 9.42. The fourth-order valence-corrected chi connectivity index (χ4v) is 3.09. The third kappa shape index (κ3) is 2.23. The van der Waals surface area contributed by atoms with Crippen molar-refractivity contribution in [2.45, 2.75) is 57.1 Å². The van der Waals surface area contributed by atoms with Crippen LogP contribution < -0.4 is 0 Å². The van der Waals surface area contributed by atoms with Crippen molar-refractivity contribution in [3.8, 4) is 0 Å². The van der Waals surface area contributed by atoms with Gasteiger partial charge in [0.05, 0.1) is 12.5 Å². The lowest BCUT2D eigenvalue weighted by atomic mass is 9.92. The van der Waals surface area contributed by atoms with E-state index in [1.54, 1.807) is 4.90 Å². The molecule has 0 radical (unpaired) electrons. The van der Waals surface area contributed by atoms with Gasteiger partial charge >= 0.3 is 5.97 Å². The number of ether oxygens (including phenoxy) is 1. The lowest BCUT2D eigenvalue weighted by Gasteiger charge is -2.34. The van der Waals surface area contributed by atoms with Crippen LogP contribution in [0.2, 0.25) is 0 Å². The Morgan fingerprint density at radius 2 is 2.22 bits per heavy atom. The van der Waals surface area contributed by atoms with Gasteiger partial charge in [-0.3, -0.25) is 4.79 Å². The number of hydrogen-bond acceptors (Lipinski definition) is 3. The highest BCUT2D eigenvalue weighted by molar-refractivity contribution is 5.88. The Morgan fingerprint density at radius 1 is 1.44 bits per heavy atom. The van der Waals surface area contributed by atoms with Gasteiger partial charge < -0.3 is 14.7 Å². The van der Waals surface area contributed by atoms with Crippen molar-refractivity contribution in [3.63, 3.8) is 0 Å². The van der Waals surface area contributed by atoms with Crippen LogP contribution in [0.5, 0.6) is 0 Å². The quantitative estimate of drug-likeness (QED) is 0.824. The summed E-state index contributed by atoms with van der Waals surface area (Å²) in [6.07, 6.45) is 4.03. The molecule has 2 aliphatic rings. The summed E-state index contributed by atoms with van der Waals surface area (Å²) < 4.78 is 5.45. The molecule has 2 heterocycles. The second-order valence-corrected chi connectivity index (χ2v) is 5.18. The maximum absolute atomic E-state index is 12.3. The van der Waals surface area contributed by atoms with Crippen molar-refractivity contribution in [1.29, 1.82) is 0 Å². The standard InChI is InChI=1S/C13H21NO4/c1-2-13(12(16)17)6-4-7-14(13)11(15)9-10-5-3-8-18-10/h10H,2-9H2,1H3,(H,16,17). The summed E-state index contributed by atoms with van der Waals surface area (Å²) >= 11 is 0. The third-order valence-electron chi connectivity index (χ3n) is 4.20. The summed E-state index contributed by atoms with van der Waals surface area (Å²) in [6, 6.07) is 0. The van der Waals surface area contributed by atoms with Gasteiger partial charge in [0.1, 0.15) is 5.54 Å². The molecular formula is C13H21NO4. The van der Waals surface area contributed by atoms with Crippen molar-refractivity contribution in [1.82, 2.24) is 4.90 Å². The molecular weight excluding hydrogens is 234 g/mol. The van der Waals surface area contributed by atoms with Crippen LogP contribution in [-0.4, -0.2) is 46.7 Å². The first-order chi connectivity index (χ1) is 8.60. The minimum absolute atomic E-state index is 0.0125. The molecule has 0 bridgehead atoms. The normalized spacial score (nSPS) is 31.8. The number of carboxylic acids is 1. The largest absolute Gasteiger partial charge is 0.479 e. The van der Waals surface area contributed by atoms with Gasteiger partial charge in [0, 0.05) is 13.2 Å². The molecule has 0 spiro atoms. The number of hydrogen-bond donors (Lipinski definition) is 1. The highest BCUT2D eigenvalue weighted by Crippen LogP contribution is 2.34. The zero-order chi connectivity index (χ0) is 13.2. The van der Waals surface area contributed by atoms with E-state index in [4.69, 9.17) is 4.74 Å². The Morgan fingerprint density at radius 3 is 2.78 bits per heavy atom. The van der Waals surface area contributed by atoms with E-state index in [0.29, 0.717) is 25.8 Å². The lowest BCUT2D eigenvalue weighted by Crippen LogP contribution is -2.53. The van der Waals surface area contributed by atoms with E-state index in [1.165, 1.54) is 0 Å². The summed E-state index contributed by atoms with van der Waals surface area (Å²) in [5.74, 6) is -0.938. The highest BCUT2D eigenvalue weighted by atomic mass is 16.5. The van der Waals surface area contributed by atoms with Crippen LogP contribution in [0.3, 0.4) is 0 Å². The molecule has 0 aromatic carbocycles. The van der Waals surface area contributed by atoms with E-state index >= 15 is 0 Å². The first-order valence-corrected chi connectivity index (χ1v) is 6.75. The minimum atomic E-state index is -0.977. The number of amides is 1. The van der Waals surface area contributed by atoms with Crippen LogP contribution >= 0.6 is 0 Å². The molecule has 5 nitrogen and oxygen atoms in total. The van der Waals surface area contributed by atoms with Crippen LogP contribution in [-0.2, 0) is 14.3 Å². The summed E-state index contributed by atoms with van der Waals surface area (Å²) in [7, 11) is 0. The molecule has 0 aromatic rings. The Bertz CT molecular complexity index is 338. The average molecular weight is 255 g/mol. The maximum atomic E-state index is 12.3. The molecule has 2 unspecified atom stereocenters. The topological polar surface area (TPSA) is 66.8 Å². The molecule has 102 valence electrons. The van der Waals surface area contributed by atoms with Gasteiger partial charge in [0.25, 0.3) is 0 Å². The van der Waals surface area contributed by atoms with Crippen LogP contribution in [0.4, 0.5) is 0 Å². The molecule has 0 saturated carbocycles. The lowest BCUT2D eigenvalue weighted by molar-refractivity contribution is -0.157. The number of carbonyl (C=O) groups is 2. The number of rotatable bonds is 4.